The second-order valence-corrected chi connectivity index (χ2v) is 7.32. The molecule has 2 aliphatic rings. The van der Waals surface area contributed by atoms with Gasteiger partial charge in [0.25, 0.3) is 0 Å². The van der Waals surface area contributed by atoms with Crippen molar-refractivity contribution in [3.8, 4) is 0 Å². The van der Waals surface area contributed by atoms with Crippen LogP contribution < -0.4 is 10.2 Å². The number of halogens is 4. The van der Waals surface area contributed by atoms with Crippen molar-refractivity contribution in [2.45, 2.75) is 50.7 Å². The summed E-state index contributed by atoms with van der Waals surface area (Å²) in [6.07, 6.45) is 0.581. The van der Waals surface area contributed by atoms with Crippen molar-refractivity contribution < 1.29 is 22.8 Å². The third kappa shape index (κ3) is 4.14. The molecular weight excluding hydrogens is 369 g/mol. The smallest absolute Gasteiger partial charge is 0.353 e. The summed E-state index contributed by atoms with van der Waals surface area (Å²) in [5, 5.41) is 2.56. The molecule has 1 heterocycles. The molecule has 26 heavy (non-hydrogen) atoms. The fraction of sp³-hybridized carbons (Fsp3) is 0.556. The Bertz CT molecular complexity index is 702. The number of carbonyl (C=O) groups is 2. The second kappa shape index (κ2) is 7.47. The Labute approximate surface area is 154 Å². The Kier molecular flexibility index (Phi) is 5.46. The predicted molar refractivity (Wildman–Crippen MR) is 91.9 cm³/mol. The van der Waals surface area contributed by atoms with E-state index in [4.69, 9.17) is 11.6 Å². The first-order valence-electron chi connectivity index (χ1n) is 8.73. The molecule has 1 aliphatic heterocycles. The molecule has 4 nitrogen and oxygen atoms in total. The van der Waals surface area contributed by atoms with Gasteiger partial charge in [0.15, 0.2) is 0 Å². The van der Waals surface area contributed by atoms with E-state index in [-0.39, 0.29) is 36.5 Å². The van der Waals surface area contributed by atoms with Crippen molar-refractivity contribution in [2.75, 3.05) is 11.4 Å². The Morgan fingerprint density at radius 3 is 2.54 bits per heavy atom. The molecule has 0 spiro atoms. The average Bonchev–Trinajstić information content (AvgIpc) is 2.97. The predicted octanol–water partition coefficient (Wildman–Crippen LogP) is 4.16. The first kappa shape index (κ1) is 19.0. The highest BCUT2D eigenvalue weighted by molar-refractivity contribution is 6.31. The lowest BCUT2D eigenvalue weighted by Gasteiger charge is -2.24. The summed E-state index contributed by atoms with van der Waals surface area (Å²) in [6.45, 7) is 0.0797. The van der Waals surface area contributed by atoms with E-state index in [2.05, 4.69) is 5.32 Å². The van der Waals surface area contributed by atoms with E-state index in [1.54, 1.807) is 0 Å². The van der Waals surface area contributed by atoms with E-state index in [0.29, 0.717) is 0 Å². The number of hydrogen-bond acceptors (Lipinski definition) is 2. The molecule has 142 valence electrons. The minimum atomic E-state index is -4.60. The van der Waals surface area contributed by atoms with E-state index in [9.17, 15) is 22.8 Å². The largest absolute Gasteiger partial charge is 0.417 e. The monoisotopic (exact) mass is 388 g/mol. The van der Waals surface area contributed by atoms with Crippen LogP contribution in [0.2, 0.25) is 5.02 Å². The standard InChI is InChI=1S/C18H20ClF3N2O2/c19-15-7-6-13(9-14(15)18(20,21)22)24-10-11(8-16(24)25)17(26)23-12-4-2-1-3-5-12/h6-7,9,11-12H,1-5,8,10H2,(H,23,26). The number of nitrogens with one attached hydrogen (secondary N) is 1. The number of anilines is 1. The van der Waals surface area contributed by atoms with Crippen LogP contribution in [0.4, 0.5) is 18.9 Å². The van der Waals surface area contributed by atoms with Crippen LogP contribution in [0.5, 0.6) is 0 Å². The number of amides is 2. The molecule has 3 rings (SSSR count). The molecule has 2 amide bonds. The first-order chi connectivity index (χ1) is 12.3. The second-order valence-electron chi connectivity index (χ2n) is 6.91. The Morgan fingerprint density at radius 2 is 1.88 bits per heavy atom. The topological polar surface area (TPSA) is 49.4 Å². The van der Waals surface area contributed by atoms with Crippen LogP contribution in [0, 0.1) is 5.92 Å². The molecule has 1 N–H and O–H groups in total. The number of carbonyl (C=O) groups excluding carboxylic acids is 2. The molecule has 1 aromatic carbocycles. The number of hydrogen-bond donors (Lipinski definition) is 1. The van der Waals surface area contributed by atoms with Gasteiger partial charge in [0, 0.05) is 24.7 Å². The lowest BCUT2D eigenvalue weighted by molar-refractivity contribution is -0.137. The maximum absolute atomic E-state index is 13.0. The number of rotatable bonds is 3. The van der Waals surface area contributed by atoms with Crippen molar-refractivity contribution >= 4 is 29.1 Å². The maximum Gasteiger partial charge on any atom is 0.417 e. The van der Waals surface area contributed by atoms with Crippen LogP contribution >= 0.6 is 11.6 Å². The lowest BCUT2D eigenvalue weighted by Crippen LogP contribution is -2.40. The van der Waals surface area contributed by atoms with E-state index >= 15 is 0 Å². The van der Waals surface area contributed by atoms with Gasteiger partial charge in [-0.05, 0) is 31.0 Å². The van der Waals surface area contributed by atoms with Gasteiger partial charge in [-0.25, -0.2) is 0 Å². The summed E-state index contributed by atoms with van der Waals surface area (Å²) in [5.41, 5.74) is -0.876. The van der Waals surface area contributed by atoms with Gasteiger partial charge in [-0.2, -0.15) is 13.2 Å². The van der Waals surface area contributed by atoms with Crippen molar-refractivity contribution in [3.05, 3.63) is 28.8 Å². The minimum Gasteiger partial charge on any atom is -0.353 e. The number of alkyl halides is 3. The summed E-state index contributed by atoms with van der Waals surface area (Å²) in [4.78, 5) is 25.9. The summed E-state index contributed by atoms with van der Waals surface area (Å²) < 4.78 is 39.1. The highest BCUT2D eigenvalue weighted by Crippen LogP contribution is 2.38. The Morgan fingerprint density at radius 1 is 1.19 bits per heavy atom. The van der Waals surface area contributed by atoms with Gasteiger partial charge in [-0.3, -0.25) is 9.59 Å². The van der Waals surface area contributed by atoms with Crippen LogP contribution in [0.3, 0.4) is 0 Å². The first-order valence-corrected chi connectivity index (χ1v) is 9.11. The van der Waals surface area contributed by atoms with E-state index in [1.807, 2.05) is 0 Å². The Balaban J connectivity index is 1.70. The molecule has 2 fully saturated rings. The van der Waals surface area contributed by atoms with Gasteiger partial charge in [0.05, 0.1) is 16.5 Å². The van der Waals surface area contributed by atoms with Crippen LogP contribution in [-0.2, 0) is 15.8 Å². The van der Waals surface area contributed by atoms with Crippen LogP contribution in [0.15, 0.2) is 18.2 Å². The van der Waals surface area contributed by atoms with Crippen molar-refractivity contribution in [3.63, 3.8) is 0 Å². The molecule has 1 saturated heterocycles. The van der Waals surface area contributed by atoms with Crippen LogP contribution in [-0.4, -0.2) is 24.4 Å². The lowest BCUT2D eigenvalue weighted by atomic mass is 9.95. The molecular formula is C18H20ClF3N2O2. The molecule has 1 atom stereocenters. The zero-order valence-electron chi connectivity index (χ0n) is 14.1. The Hall–Kier alpha value is -1.76. The molecule has 0 aromatic heterocycles. The van der Waals surface area contributed by atoms with Crippen LogP contribution in [0.1, 0.15) is 44.1 Å². The molecule has 8 heteroatoms. The molecule has 1 aromatic rings. The third-order valence-corrected chi connectivity index (χ3v) is 5.34. The van der Waals surface area contributed by atoms with Gasteiger partial charge >= 0.3 is 6.18 Å². The highest BCUT2D eigenvalue weighted by atomic mass is 35.5. The van der Waals surface area contributed by atoms with Crippen molar-refractivity contribution in [1.29, 1.82) is 0 Å². The summed E-state index contributed by atoms with van der Waals surface area (Å²) in [6, 6.07) is 3.49. The minimum absolute atomic E-state index is 0.00251. The molecule has 0 radical (unpaired) electrons. The van der Waals surface area contributed by atoms with Gasteiger partial charge in [0.2, 0.25) is 11.8 Å². The van der Waals surface area contributed by atoms with Gasteiger partial charge in [0.1, 0.15) is 0 Å². The highest BCUT2D eigenvalue weighted by Gasteiger charge is 2.38. The fourth-order valence-corrected chi connectivity index (χ4v) is 3.82. The third-order valence-electron chi connectivity index (χ3n) is 5.01. The summed E-state index contributed by atoms with van der Waals surface area (Å²) in [7, 11) is 0. The summed E-state index contributed by atoms with van der Waals surface area (Å²) in [5.74, 6) is -1.10. The van der Waals surface area contributed by atoms with Gasteiger partial charge in [-0.1, -0.05) is 30.9 Å². The maximum atomic E-state index is 13.0. The zero-order valence-corrected chi connectivity index (χ0v) is 14.9. The van der Waals surface area contributed by atoms with E-state index in [1.165, 1.54) is 17.4 Å². The normalized spacial score (nSPS) is 21.9. The van der Waals surface area contributed by atoms with Crippen molar-refractivity contribution in [2.24, 2.45) is 5.92 Å². The van der Waals surface area contributed by atoms with E-state index in [0.717, 1.165) is 37.8 Å². The molecule has 1 saturated carbocycles. The van der Waals surface area contributed by atoms with E-state index < -0.39 is 22.7 Å². The zero-order chi connectivity index (χ0) is 18.9. The molecule has 1 unspecified atom stereocenters. The molecule has 0 bridgehead atoms. The average molecular weight is 389 g/mol. The van der Waals surface area contributed by atoms with Crippen molar-refractivity contribution in [1.82, 2.24) is 5.32 Å². The SMILES string of the molecule is O=C(NC1CCCCC1)C1CC(=O)N(c2ccc(Cl)c(C(F)(F)F)c2)C1. The quantitative estimate of drug-likeness (QED) is 0.845. The van der Waals surface area contributed by atoms with Crippen LogP contribution in [0.25, 0.3) is 0 Å². The van der Waals surface area contributed by atoms with Gasteiger partial charge < -0.3 is 10.2 Å². The number of benzene rings is 1. The van der Waals surface area contributed by atoms with Gasteiger partial charge in [-0.15, -0.1) is 0 Å². The number of nitrogens with zero attached hydrogens (tertiary/aromatic N) is 1. The fourth-order valence-electron chi connectivity index (χ4n) is 3.60. The molecule has 1 aliphatic carbocycles. The summed E-state index contributed by atoms with van der Waals surface area (Å²) >= 11 is 5.62.